The van der Waals surface area contributed by atoms with Gasteiger partial charge in [0, 0.05) is 11.6 Å². The molecule has 0 unspecified atom stereocenters. The Hall–Kier alpha value is -3.63. The maximum Gasteiger partial charge on any atom is 0.273 e. The van der Waals surface area contributed by atoms with E-state index in [9.17, 15) is 10.1 Å². The lowest BCUT2D eigenvalue weighted by atomic mass is 9.98. The van der Waals surface area contributed by atoms with Crippen molar-refractivity contribution in [2.45, 2.75) is 19.8 Å². The van der Waals surface area contributed by atoms with Gasteiger partial charge in [-0.25, -0.2) is 0 Å². The van der Waals surface area contributed by atoms with Crippen LogP contribution in [0.5, 0.6) is 0 Å². The predicted molar refractivity (Wildman–Crippen MR) is 83.2 cm³/mol. The van der Waals surface area contributed by atoms with E-state index in [4.69, 9.17) is 21.5 Å². The lowest BCUT2D eigenvalue weighted by Crippen LogP contribution is -2.03. The van der Waals surface area contributed by atoms with Gasteiger partial charge in [0.15, 0.2) is 5.57 Å². The summed E-state index contributed by atoms with van der Waals surface area (Å²) in [7, 11) is 0. The third-order valence-electron chi connectivity index (χ3n) is 3.09. The van der Waals surface area contributed by atoms with Crippen LogP contribution in [0.4, 0.5) is 5.69 Å². The molecule has 0 heterocycles. The molecule has 0 saturated carbocycles. The molecule has 0 aromatic heterocycles. The third-order valence-corrected chi connectivity index (χ3v) is 3.09. The molecule has 0 bridgehead atoms. The van der Waals surface area contributed by atoms with Gasteiger partial charge in [-0.2, -0.15) is 15.8 Å². The lowest BCUT2D eigenvalue weighted by molar-refractivity contribution is -0.385. The van der Waals surface area contributed by atoms with Crippen molar-refractivity contribution in [1.82, 2.24) is 0 Å². The Labute approximate surface area is 133 Å². The maximum absolute atomic E-state index is 11.2. The molecule has 0 fully saturated rings. The second-order valence-electron chi connectivity index (χ2n) is 4.91. The Morgan fingerprint density at radius 1 is 1.26 bits per heavy atom. The van der Waals surface area contributed by atoms with E-state index in [1.54, 1.807) is 30.3 Å². The number of nitrogens with two attached hydrogens (primary N) is 1. The molecule has 2 N–H and O–H groups in total. The summed E-state index contributed by atoms with van der Waals surface area (Å²) in [5.74, 6) is -0.0300. The molecule has 1 rings (SSSR count). The average Bonchev–Trinajstić information content (AvgIpc) is 2.53. The Kier molecular flexibility index (Phi) is 5.60. The molecule has 0 aliphatic carbocycles. The van der Waals surface area contributed by atoms with Crippen LogP contribution >= 0.6 is 0 Å². The van der Waals surface area contributed by atoms with Gasteiger partial charge in [-0.1, -0.05) is 26.0 Å². The normalized spacial score (nSPS) is 10.3. The molecule has 7 nitrogen and oxygen atoms in total. The molecule has 0 spiro atoms. The van der Waals surface area contributed by atoms with Crippen LogP contribution in [-0.2, 0) is 0 Å². The third kappa shape index (κ3) is 3.93. The zero-order valence-electron chi connectivity index (χ0n) is 12.6. The number of hydrogen-bond acceptors (Lipinski definition) is 6. The summed E-state index contributed by atoms with van der Waals surface area (Å²) in [6.45, 7) is 3.68. The smallest absolute Gasteiger partial charge is 0.273 e. The number of benzene rings is 1. The summed E-state index contributed by atoms with van der Waals surface area (Å²) in [6, 6.07) is 9.55. The Bertz CT molecular complexity index is 813. The van der Waals surface area contributed by atoms with Crippen LogP contribution in [0.1, 0.15) is 30.9 Å². The fourth-order valence-electron chi connectivity index (χ4n) is 1.91. The molecule has 0 atom stereocenters. The van der Waals surface area contributed by atoms with Gasteiger partial charge in [-0.15, -0.1) is 0 Å². The minimum Gasteiger partial charge on any atom is -0.396 e. The van der Waals surface area contributed by atoms with Gasteiger partial charge in [0.25, 0.3) is 5.69 Å². The number of nitrogens with zero attached hydrogens (tertiary/aromatic N) is 4. The fraction of sp³-hybridized carbons (Fsp3) is 0.188. The van der Waals surface area contributed by atoms with Crippen molar-refractivity contribution >= 4 is 11.8 Å². The van der Waals surface area contributed by atoms with Crippen molar-refractivity contribution in [3.63, 3.8) is 0 Å². The Morgan fingerprint density at radius 3 is 2.30 bits per heavy atom. The maximum atomic E-state index is 11.2. The molecule has 0 saturated heterocycles. The molecular weight excluding hydrogens is 294 g/mol. The Balaban J connectivity index is 3.49. The highest BCUT2D eigenvalue weighted by atomic mass is 16.6. The van der Waals surface area contributed by atoms with Gasteiger partial charge in [-0.05, 0) is 17.6 Å². The van der Waals surface area contributed by atoms with Crippen LogP contribution in [0.15, 0.2) is 35.0 Å². The summed E-state index contributed by atoms with van der Waals surface area (Å²) in [6.07, 6.45) is 1.31. The van der Waals surface area contributed by atoms with Crippen molar-refractivity contribution in [3.05, 3.63) is 56.3 Å². The topological polar surface area (TPSA) is 141 Å². The first kappa shape index (κ1) is 17.4. The highest BCUT2D eigenvalue weighted by Gasteiger charge is 2.17. The van der Waals surface area contributed by atoms with Crippen LogP contribution in [0.25, 0.3) is 6.08 Å². The first-order chi connectivity index (χ1) is 10.8. The van der Waals surface area contributed by atoms with Crippen LogP contribution < -0.4 is 5.73 Å². The molecule has 0 amide bonds. The Morgan fingerprint density at radius 2 is 1.87 bits per heavy atom. The van der Waals surface area contributed by atoms with E-state index in [2.05, 4.69) is 0 Å². The summed E-state index contributed by atoms with van der Waals surface area (Å²) in [5, 5.41) is 37.9. The first-order valence-corrected chi connectivity index (χ1v) is 6.56. The van der Waals surface area contributed by atoms with E-state index in [-0.39, 0.29) is 28.4 Å². The van der Waals surface area contributed by atoms with Gasteiger partial charge in [-0.3, -0.25) is 10.1 Å². The largest absolute Gasteiger partial charge is 0.396 e. The van der Waals surface area contributed by atoms with E-state index in [0.717, 1.165) is 0 Å². The van der Waals surface area contributed by atoms with Crippen molar-refractivity contribution in [2.24, 2.45) is 5.73 Å². The average molecular weight is 307 g/mol. The van der Waals surface area contributed by atoms with E-state index >= 15 is 0 Å². The van der Waals surface area contributed by atoms with Crippen molar-refractivity contribution < 1.29 is 4.92 Å². The van der Waals surface area contributed by atoms with Gasteiger partial charge < -0.3 is 5.73 Å². The number of nitro benzene ring substituents is 1. The van der Waals surface area contributed by atoms with Crippen LogP contribution in [0, 0.1) is 44.1 Å². The zero-order chi connectivity index (χ0) is 17.6. The zero-order valence-corrected chi connectivity index (χ0v) is 12.6. The molecule has 0 aliphatic heterocycles. The number of rotatable bonds is 4. The van der Waals surface area contributed by atoms with Crippen molar-refractivity contribution in [1.29, 1.82) is 15.8 Å². The van der Waals surface area contributed by atoms with Gasteiger partial charge in [0.2, 0.25) is 0 Å². The van der Waals surface area contributed by atoms with Gasteiger partial charge in [0.1, 0.15) is 18.2 Å². The quantitative estimate of drug-likeness (QED) is 0.392. The number of hydrogen-bond donors (Lipinski definition) is 1. The molecular formula is C16H13N5O2. The van der Waals surface area contributed by atoms with E-state index in [1.807, 2.05) is 13.8 Å². The van der Waals surface area contributed by atoms with Gasteiger partial charge >= 0.3 is 0 Å². The second-order valence-corrected chi connectivity index (χ2v) is 4.91. The van der Waals surface area contributed by atoms with E-state index < -0.39 is 4.92 Å². The van der Waals surface area contributed by atoms with Crippen LogP contribution in [0.3, 0.4) is 0 Å². The molecule has 23 heavy (non-hydrogen) atoms. The highest BCUT2D eigenvalue weighted by molar-refractivity contribution is 5.68. The summed E-state index contributed by atoms with van der Waals surface area (Å²) in [4.78, 5) is 10.7. The molecule has 0 aliphatic rings. The second kappa shape index (κ2) is 7.40. The minimum absolute atomic E-state index is 0.0300. The van der Waals surface area contributed by atoms with Crippen molar-refractivity contribution in [2.75, 3.05) is 0 Å². The molecule has 0 radical (unpaired) electrons. The van der Waals surface area contributed by atoms with Crippen LogP contribution in [0.2, 0.25) is 0 Å². The molecule has 114 valence electrons. The number of nitriles is 3. The fourth-order valence-corrected chi connectivity index (χ4v) is 1.91. The van der Waals surface area contributed by atoms with Crippen LogP contribution in [-0.4, -0.2) is 4.92 Å². The number of nitro groups is 1. The summed E-state index contributed by atoms with van der Waals surface area (Å²) >= 11 is 0. The van der Waals surface area contributed by atoms with Crippen molar-refractivity contribution in [3.8, 4) is 18.2 Å². The first-order valence-electron chi connectivity index (χ1n) is 6.56. The highest BCUT2D eigenvalue weighted by Crippen LogP contribution is 2.28. The molecule has 7 heteroatoms. The van der Waals surface area contributed by atoms with E-state index in [1.165, 1.54) is 12.1 Å². The van der Waals surface area contributed by atoms with E-state index in [0.29, 0.717) is 11.1 Å². The molecule has 1 aromatic rings. The predicted octanol–water partition coefficient (Wildman–Crippen LogP) is 2.89. The molecule has 1 aromatic carbocycles. The summed E-state index contributed by atoms with van der Waals surface area (Å²) < 4.78 is 0. The lowest BCUT2D eigenvalue weighted by Gasteiger charge is -2.07. The van der Waals surface area contributed by atoms with Gasteiger partial charge in [0.05, 0.1) is 16.2 Å². The minimum atomic E-state index is -0.492. The SMILES string of the molecule is CC(C)c1ccc(C=C(C#N)C(N)=C(C#N)C#N)cc1[N+](=O)[O-]. The standard InChI is InChI=1S/C16H13N5O2/c1-10(2)14-4-3-11(6-15(14)21(22)23)5-12(7-17)16(20)13(8-18)9-19/h3-6,10H,20H2,1-2H3. The number of allylic oxidation sites excluding steroid dienone is 2. The monoisotopic (exact) mass is 307 g/mol. The summed E-state index contributed by atoms with van der Waals surface area (Å²) in [5.41, 5.74) is 5.78.